The Hall–Kier alpha value is -4.57. The molecule has 2 bridgehead atoms. The van der Waals surface area contributed by atoms with E-state index in [4.69, 9.17) is 11.6 Å². The van der Waals surface area contributed by atoms with Gasteiger partial charge in [-0.05, 0) is 53.6 Å². The summed E-state index contributed by atoms with van der Waals surface area (Å²) >= 11 is 6.18. The Morgan fingerprint density at radius 2 is 2.08 bits per heavy atom. The number of carbonyl (C=O) groups excluding carboxylic acids is 2. The number of amides is 2. The van der Waals surface area contributed by atoms with Gasteiger partial charge in [-0.1, -0.05) is 42.0 Å². The lowest BCUT2D eigenvalue weighted by Gasteiger charge is -2.14. The average Bonchev–Trinajstić information content (AvgIpc) is 3.60. The molecule has 37 heavy (non-hydrogen) atoms. The minimum absolute atomic E-state index is 0.0619. The number of halogens is 1. The van der Waals surface area contributed by atoms with E-state index in [0.717, 1.165) is 11.3 Å². The molecule has 1 aliphatic heterocycles. The first-order valence-electron chi connectivity index (χ1n) is 11.7. The first-order valence-corrected chi connectivity index (χ1v) is 12.1. The third kappa shape index (κ3) is 5.81. The monoisotopic (exact) mass is 514 g/mol. The van der Waals surface area contributed by atoms with Gasteiger partial charge >= 0.3 is 0 Å². The minimum Gasteiger partial charge on any atom is -0.342 e. The summed E-state index contributed by atoms with van der Waals surface area (Å²) in [4.78, 5) is 33.2. The van der Waals surface area contributed by atoms with Crippen molar-refractivity contribution >= 4 is 35.2 Å². The molecule has 3 N–H and O–H groups in total. The highest BCUT2D eigenvalue weighted by atomic mass is 35.5. The van der Waals surface area contributed by atoms with E-state index in [-0.39, 0.29) is 11.8 Å². The fraction of sp³-hybridized carbons (Fsp3) is 0.154. The lowest BCUT2D eigenvalue weighted by molar-refractivity contribution is -0.117. The number of carbonyl (C=O) groups is 2. The zero-order chi connectivity index (χ0) is 25.6. The van der Waals surface area contributed by atoms with E-state index in [1.54, 1.807) is 30.5 Å². The van der Waals surface area contributed by atoms with Crippen LogP contribution in [0.4, 0.5) is 5.69 Å². The molecule has 2 aromatic heterocycles. The molecule has 0 saturated heterocycles. The lowest BCUT2D eigenvalue weighted by Crippen LogP contribution is -2.27. The smallest absolute Gasteiger partial charge is 0.244 e. The molecule has 0 spiro atoms. The fourth-order valence-corrected chi connectivity index (χ4v) is 4.20. The Bertz CT molecular complexity index is 1480. The summed E-state index contributed by atoms with van der Waals surface area (Å²) in [6.07, 6.45) is 11.6. The van der Waals surface area contributed by atoms with Crippen LogP contribution in [-0.4, -0.2) is 42.0 Å². The van der Waals surface area contributed by atoms with Crippen LogP contribution in [0.2, 0.25) is 5.02 Å². The Morgan fingerprint density at radius 3 is 2.95 bits per heavy atom. The zero-order valence-corrected chi connectivity index (χ0v) is 20.4. The molecule has 0 fully saturated rings. The van der Waals surface area contributed by atoms with Crippen LogP contribution >= 0.6 is 11.6 Å². The molecule has 2 amide bonds. The van der Waals surface area contributed by atoms with Gasteiger partial charge in [-0.2, -0.15) is 4.68 Å². The molecule has 1 atom stereocenters. The van der Waals surface area contributed by atoms with Crippen molar-refractivity contribution in [2.45, 2.75) is 25.3 Å². The predicted octanol–water partition coefficient (Wildman–Crippen LogP) is 4.26. The Balaban J connectivity index is 1.39. The van der Waals surface area contributed by atoms with Crippen LogP contribution in [0.1, 0.15) is 36.7 Å². The molecular weight excluding hydrogens is 492 g/mol. The second kappa shape index (κ2) is 11.0. The number of nitrogens with zero attached hydrogens (tertiary/aromatic N) is 5. The summed E-state index contributed by atoms with van der Waals surface area (Å²) in [5.41, 5.74) is 3.63. The Morgan fingerprint density at radius 1 is 1.19 bits per heavy atom. The number of para-hydroxylation sites is 1. The summed E-state index contributed by atoms with van der Waals surface area (Å²) in [5, 5.41) is 17.8. The summed E-state index contributed by atoms with van der Waals surface area (Å²) in [6.45, 7) is 0. The van der Waals surface area contributed by atoms with Crippen molar-refractivity contribution in [3.63, 3.8) is 0 Å². The molecule has 186 valence electrons. The maximum absolute atomic E-state index is 13.0. The number of hydrogen-bond donors (Lipinski definition) is 3. The third-order valence-corrected chi connectivity index (χ3v) is 6.04. The predicted molar refractivity (Wildman–Crippen MR) is 140 cm³/mol. The second-order valence-electron chi connectivity index (χ2n) is 8.37. The third-order valence-electron chi connectivity index (χ3n) is 5.81. The van der Waals surface area contributed by atoms with Gasteiger partial charge < -0.3 is 15.6 Å². The minimum atomic E-state index is -0.405. The molecule has 0 unspecified atom stereocenters. The van der Waals surface area contributed by atoms with E-state index in [1.165, 1.54) is 17.1 Å². The van der Waals surface area contributed by atoms with Gasteiger partial charge in [-0.3, -0.25) is 9.59 Å². The standard InChI is InChI=1S/C26H23ClN8O2/c27-18-11-12-23(35-16-29-33-34-35)17(14-18)10-13-25(37)31-21-8-2-1-3-9-24(36)30-20-7-5-4-6-19(20)22-15-28-26(21)32-22/h1-2,4-7,10-16,21H,3,8-9H2,(H,28,32)(H,30,36)(H,31,37)/b2-1?,13-10+/t21-/m0/s1. The van der Waals surface area contributed by atoms with E-state index in [9.17, 15) is 9.59 Å². The molecule has 2 aromatic carbocycles. The topological polar surface area (TPSA) is 130 Å². The van der Waals surface area contributed by atoms with E-state index >= 15 is 0 Å². The van der Waals surface area contributed by atoms with Crippen molar-refractivity contribution in [2.75, 3.05) is 5.32 Å². The summed E-state index contributed by atoms with van der Waals surface area (Å²) < 4.78 is 1.50. The highest BCUT2D eigenvalue weighted by Crippen LogP contribution is 2.28. The molecular formula is C26H23ClN8O2. The van der Waals surface area contributed by atoms with Gasteiger partial charge in [-0.25, -0.2) is 4.98 Å². The van der Waals surface area contributed by atoms with Crippen LogP contribution in [0.15, 0.2) is 73.2 Å². The van der Waals surface area contributed by atoms with E-state index in [2.05, 4.69) is 36.1 Å². The summed E-state index contributed by atoms with van der Waals surface area (Å²) in [5.74, 6) is 0.243. The quantitative estimate of drug-likeness (QED) is 0.275. The first-order chi connectivity index (χ1) is 18.1. The van der Waals surface area contributed by atoms with Gasteiger partial charge in [0.2, 0.25) is 11.8 Å². The van der Waals surface area contributed by atoms with Gasteiger partial charge in [0, 0.05) is 28.6 Å². The zero-order valence-electron chi connectivity index (χ0n) is 19.6. The molecule has 1 aliphatic rings. The van der Waals surface area contributed by atoms with E-state index < -0.39 is 6.04 Å². The molecule has 0 saturated carbocycles. The highest BCUT2D eigenvalue weighted by molar-refractivity contribution is 6.30. The van der Waals surface area contributed by atoms with Crippen LogP contribution < -0.4 is 10.6 Å². The van der Waals surface area contributed by atoms with Crippen molar-refractivity contribution in [3.8, 4) is 16.9 Å². The van der Waals surface area contributed by atoms with Crippen molar-refractivity contribution < 1.29 is 9.59 Å². The number of rotatable bonds is 4. The normalized spacial score (nSPS) is 15.8. The van der Waals surface area contributed by atoms with Crippen LogP contribution in [0.25, 0.3) is 23.0 Å². The van der Waals surface area contributed by atoms with Gasteiger partial charge in [0.25, 0.3) is 0 Å². The summed E-state index contributed by atoms with van der Waals surface area (Å²) in [7, 11) is 0. The van der Waals surface area contributed by atoms with Crippen molar-refractivity contribution in [1.82, 2.24) is 35.5 Å². The van der Waals surface area contributed by atoms with Gasteiger partial charge in [0.05, 0.1) is 29.3 Å². The second-order valence-corrected chi connectivity index (χ2v) is 8.81. The van der Waals surface area contributed by atoms with E-state index in [0.29, 0.717) is 47.0 Å². The number of tetrazole rings is 1. The number of allylic oxidation sites excluding steroid dienone is 1. The number of hydrogen-bond acceptors (Lipinski definition) is 6. The number of aromatic amines is 1. The molecule has 0 radical (unpaired) electrons. The van der Waals surface area contributed by atoms with Gasteiger partial charge in [-0.15, -0.1) is 5.10 Å². The molecule has 10 nitrogen and oxygen atoms in total. The van der Waals surface area contributed by atoms with Crippen molar-refractivity contribution in [2.24, 2.45) is 0 Å². The summed E-state index contributed by atoms with van der Waals surface area (Å²) in [6, 6.07) is 12.4. The molecule has 0 aliphatic carbocycles. The number of benzene rings is 2. The Labute approximate surface area is 217 Å². The van der Waals surface area contributed by atoms with E-state index in [1.807, 2.05) is 36.4 Å². The molecule has 4 aromatic rings. The van der Waals surface area contributed by atoms with Crippen molar-refractivity contribution in [3.05, 3.63) is 89.6 Å². The maximum atomic E-state index is 13.0. The number of aromatic nitrogens is 6. The molecule has 5 rings (SSSR count). The maximum Gasteiger partial charge on any atom is 0.244 e. The van der Waals surface area contributed by atoms with Crippen molar-refractivity contribution in [1.29, 1.82) is 0 Å². The molecule has 11 heteroatoms. The number of anilines is 1. The SMILES string of the molecule is O=C(/C=C/c1cc(Cl)ccc1-n1cnnn1)N[C@H]1CC=CCCC(=O)Nc2ccccc2-c2cnc1[nH]2. The van der Waals surface area contributed by atoms with Gasteiger partial charge in [0.1, 0.15) is 12.2 Å². The van der Waals surface area contributed by atoms with Crippen LogP contribution in [0, 0.1) is 0 Å². The number of imidazole rings is 1. The highest BCUT2D eigenvalue weighted by Gasteiger charge is 2.18. The number of H-pyrrole nitrogens is 1. The Kier molecular flexibility index (Phi) is 7.18. The number of fused-ring (bicyclic) bond motifs is 4. The van der Waals surface area contributed by atoms with Crippen LogP contribution in [-0.2, 0) is 9.59 Å². The largest absolute Gasteiger partial charge is 0.342 e. The van der Waals surface area contributed by atoms with Gasteiger partial charge in [0.15, 0.2) is 0 Å². The first kappa shape index (κ1) is 24.1. The number of nitrogens with one attached hydrogen (secondary N) is 3. The fourth-order valence-electron chi connectivity index (χ4n) is 4.02. The average molecular weight is 515 g/mol. The van der Waals surface area contributed by atoms with Crippen LogP contribution in [0.3, 0.4) is 0 Å². The lowest BCUT2D eigenvalue weighted by atomic mass is 10.1. The molecule has 3 heterocycles. The van der Waals surface area contributed by atoms with Crippen LogP contribution in [0.5, 0.6) is 0 Å².